The van der Waals surface area contributed by atoms with Crippen molar-refractivity contribution in [3.05, 3.63) is 29.7 Å². The normalized spacial score (nSPS) is 14.3. The molecule has 0 unspecified atom stereocenters. The van der Waals surface area contributed by atoms with E-state index in [2.05, 4.69) is 5.10 Å². The Morgan fingerprint density at radius 1 is 1.47 bits per heavy atom. The summed E-state index contributed by atoms with van der Waals surface area (Å²) in [5.74, 6) is 0.712. The number of fused-ring (bicyclic) bond motifs is 1. The largest absolute Gasteiger partial charge is 0.463 e. The smallest absolute Gasteiger partial charge is 0.167 e. The number of aliphatic hydroxyl groups excluding tert-OH is 1. The molecule has 0 radical (unpaired) electrons. The fourth-order valence-corrected chi connectivity index (χ4v) is 2.27. The van der Waals surface area contributed by atoms with Crippen LogP contribution in [-0.4, -0.2) is 27.3 Å². The second-order valence-corrected chi connectivity index (χ2v) is 4.02. The average molecular weight is 232 g/mol. The number of hydrogen-bond acceptors (Lipinski definition) is 4. The van der Waals surface area contributed by atoms with E-state index in [1.807, 2.05) is 0 Å². The zero-order chi connectivity index (χ0) is 11.8. The summed E-state index contributed by atoms with van der Waals surface area (Å²) in [6.45, 7) is 0.427. The molecular weight excluding hydrogens is 220 g/mol. The lowest BCUT2D eigenvalue weighted by molar-refractivity contribution is 0.0995. The number of aromatic nitrogens is 2. The zero-order valence-electron chi connectivity index (χ0n) is 9.22. The summed E-state index contributed by atoms with van der Waals surface area (Å²) < 4.78 is 7.00. The van der Waals surface area contributed by atoms with Gasteiger partial charge in [-0.1, -0.05) is 0 Å². The van der Waals surface area contributed by atoms with E-state index in [4.69, 9.17) is 9.52 Å². The van der Waals surface area contributed by atoms with E-state index in [1.54, 1.807) is 23.1 Å². The minimum Gasteiger partial charge on any atom is -0.463 e. The lowest BCUT2D eigenvalue weighted by Crippen LogP contribution is -2.07. The molecule has 17 heavy (non-hydrogen) atoms. The molecule has 0 amide bonds. The molecule has 5 heteroatoms. The summed E-state index contributed by atoms with van der Waals surface area (Å²) in [4.78, 5) is 11.8. The van der Waals surface area contributed by atoms with Crippen LogP contribution < -0.4 is 0 Å². The Bertz CT molecular complexity index is 555. The van der Waals surface area contributed by atoms with Gasteiger partial charge in [0.2, 0.25) is 0 Å². The quantitative estimate of drug-likeness (QED) is 0.865. The van der Waals surface area contributed by atoms with E-state index in [0.717, 1.165) is 5.69 Å². The van der Waals surface area contributed by atoms with Crippen molar-refractivity contribution in [2.45, 2.75) is 19.4 Å². The Hall–Kier alpha value is -1.88. The number of ketones is 1. The number of rotatable bonds is 3. The molecule has 0 bridgehead atoms. The molecule has 1 N–H and O–H groups in total. The topological polar surface area (TPSA) is 68.3 Å². The molecule has 5 nitrogen and oxygen atoms in total. The fourth-order valence-electron chi connectivity index (χ4n) is 2.27. The summed E-state index contributed by atoms with van der Waals surface area (Å²) in [5, 5.41) is 13.3. The van der Waals surface area contributed by atoms with Gasteiger partial charge in [0.25, 0.3) is 0 Å². The summed E-state index contributed by atoms with van der Waals surface area (Å²) >= 11 is 0. The lowest BCUT2D eigenvalue weighted by atomic mass is 10.1. The Labute approximate surface area is 97.7 Å². The first-order chi connectivity index (χ1) is 8.31. The predicted octanol–water partition coefficient (Wildman–Crippen LogP) is 1.26. The Morgan fingerprint density at radius 3 is 3.06 bits per heavy atom. The van der Waals surface area contributed by atoms with Crippen molar-refractivity contribution in [1.29, 1.82) is 0 Å². The highest BCUT2D eigenvalue weighted by molar-refractivity contribution is 6.04. The van der Waals surface area contributed by atoms with Gasteiger partial charge in [-0.2, -0.15) is 5.10 Å². The highest BCUT2D eigenvalue weighted by atomic mass is 16.3. The van der Waals surface area contributed by atoms with Crippen molar-refractivity contribution in [2.24, 2.45) is 0 Å². The van der Waals surface area contributed by atoms with Crippen LogP contribution in [0.15, 0.2) is 22.8 Å². The van der Waals surface area contributed by atoms with Crippen molar-refractivity contribution in [3.8, 4) is 11.5 Å². The molecule has 2 aromatic rings. The second kappa shape index (κ2) is 3.85. The molecule has 2 aromatic heterocycles. The molecule has 1 aliphatic carbocycles. The molecule has 88 valence electrons. The molecule has 0 saturated heterocycles. The van der Waals surface area contributed by atoms with Crippen LogP contribution in [0.25, 0.3) is 11.5 Å². The zero-order valence-corrected chi connectivity index (χ0v) is 9.22. The van der Waals surface area contributed by atoms with E-state index < -0.39 is 0 Å². The number of Topliss-reactive ketones (excluding diaryl/α,β-unsaturated/α-hetero) is 1. The molecule has 3 rings (SSSR count). The molecule has 0 aliphatic heterocycles. The average Bonchev–Trinajstić information content (AvgIpc) is 2.99. The number of nitrogens with zero attached hydrogens (tertiary/aromatic N) is 2. The van der Waals surface area contributed by atoms with Crippen LogP contribution in [-0.2, 0) is 13.0 Å². The summed E-state index contributed by atoms with van der Waals surface area (Å²) in [6, 6.07) is 3.56. The number of furan rings is 1. The van der Waals surface area contributed by atoms with Gasteiger partial charge in [-0.3, -0.25) is 9.48 Å². The highest BCUT2D eigenvalue weighted by Gasteiger charge is 2.30. The van der Waals surface area contributed by atoms with Gasteiger partial charge in [-0.05, 0) is 18.6 Å². The van der Waals surface area contributed by atoms with Crippen LogP contribution in [0, 0.1) is 0 Å². The van der Waals surface area contributed by atoms with Crippen molar-refractivity contribution >= 4 is 5.78 Å². The minimum atomic E-state index is 0.0138. The predicted molar refractivity (Wildman–Crippen MR) is 59.7 cm³/mol. The van der Waals surface area contributed by atoms with Gasteiger partial charge in [-0.15, -0.1) is 0 Å². The number of hydrogen-bond donors (Lipinski definition) is 1. The third-order valence-electron chi connectivity index (χ3n) is 2.99. The summed E-state index contributed by atoms with van der Waals surface area (Å²) in [7, 11) is 0. The number of aliphatic hydroxyl groups is 1. The van der Waals surface area contributed by atoms with Crippen molar-refractivity contribution in [1.82, 2.24) is 9.78 Å². The maximum atomic E-state index is 11.8. The molecule has 0 saturated carbocycles. The van der Waals surface area contributed by atoms with Crippen molar-refractivity contribution in [3.63, 3.8) is 0 Å². The summed E-state index contributed by atoms with van der Waals surface area (Å²) in [5.41, 5.74) is 2.17. The molecular formula is C12H12N2O3. The standard InChI is InChI=1S/C12H12N2O3/c15-6-5-14-8-3-4-9(16)11(8)12(13-14)10-2-1-7-17-10/h1-2,7,15H,3-6H2. The van der Waals surface area contributed by atoms with Crippen LogP contribution in [0.3, 0.4) is 0 Å². The molecule has 0 aromatic carbocycles. The van der Waals surface area contributed by atoms with Gasteiger partial charge in [0, 0.05) is 6.42 Å². The maximum absolute atomic E-state index is 11.8. The van der Waals surface area contributed by atoms with E-state index in [0.29, 0.717) is 36.4 Å². The van der Waals surface area contributed by atoms with Gasteiger partial charge < -0.3 is 9.52 Å². The van der Waals surface area contributed by atoms with E-state index in [-0.39, 0.29) is 12.4 Å². The Morgan fingerprint density at radius 2 is 2.35 bits per heavy atom. The van der Waals surface area contributed by atoms with Gasteiger partial charge >= 0.3 is 0 Å². The molecule has 2 heterocycles. The van der Waals surface area contributed by atoms with E-state index in [9.17, 15) is 4.79 Å². The van der Waals surface area contributed by atoms with Crippen molar-refractivity contribution in [2.75, 3.05) is 6.61 Å². The number of carbonyl (C=O) groups excluding carboxylic acids is 1. The SMILES string of the molecule is O=C1CCc2c1c(-c1ccco1)nn2CCO. The summed E-state index contributed by atoms with van der Waals surface area (Å²) in [6.07, 6.45) is 2.78. The van der Waals surface area contributed by atoms with Gasteiger partial charge in [0.05, 0.1) is 30.7 Å². The first kappa shape index (κ1) is 10.3. The maximum Gasteiger partial charge on any atom is 0.167 e. The third kappa shape index (κ3) is 1.51. The van der Waals surface area contributed by atoms with Gasteiger partial charge in [0.1, 0.15) is 5.69 Å². The molecule has 0 spiro atoms. The second-order valence-electron chi connectivity index (χ2n) is 4.02. The molecule has 0 fully saturated rings. The first-order valence-electron chi connectivity index (χ1n) is 5.59. The van der Waals surface area contributed by atoms with Gasteiger partial charge in [-0.25, -0.2) is 0 Å². The lowest BCUT2D eigenvalue weighted by Gasteiger charge is -2.00. The van der Waals surface area contributed by atoms with Crippen LogP contribution in [0.4, 0.5) is 0 Å². The van der Waals surface area contributed by atoms with E-state index >= 15 is 0 Å². The number of carbonyl (C=O) groups is 1. The van der Waals surface area contributed by atoms with Crippen LogP contribution in [0.1, 0.15) is 22.5 Å². The Balaban J connectivity index is 2.16. The molecule has 0 atom stereocenters. The third-order valence-corrected chi connectivity index (χ3v) is 2.99. The van der Waals surface area contributed by atoms with Crippen molar-refractivity contribution < 1.29 is 14.3 Å². The molecule has 1 aliphatic rings. The van der Waals surface area contributed by atoms with Crippen LogP contribution >= 0.6 is 0 Å². The van der Waals surface area contributed by atoms with E-state index in [1.165, 1.54) is 0 Å². The monoisotopic (exact) mass is 232 g/mol. The first-order valence-corrected chi connectivity index (χ1v) is 5.59. The van der Waals surface area contributed by atoms with Crippen LogP contribution in [0.2, 0.25) is 0 Å². The Kier molecular flexibility index (Phi) is 2.33. The van der Waals surface area contributed by atoms with Gasteiger partial charge in [0.15, 0.2) is 11.5 Å². The highest BCUT2D eigenvalue weighted by Crippen LogP contribution is 2.32. The minimum absolute atomic E-state index is 0.0138. The van der Waals surface area contributed by atoms with Crippen LogP contribution in [0.5, 0.6) is 0 Å². The fraction of sp³-hybridized carbons (Fsp3) is 0.333.